The fourth-order valence-electron chi connectivity index (χ4n) is 3.09. The second-order valence-electron chi connectivity index (χ2n) is 6.20. The first-order chi connectivity index (χ1) is 11.8. The zero-order chi connectivity index (χ0) is 18.2. The molecule has 0 bridgehead atoms. The molecule has 0 aliphatic carbocycles. The zero-order valence-electron chi connectivity index (χ0n) is 14.7. The number of fused-ring (bicyclic) bond motifs is 1. The van der Waals surface area contributed by atoms with Crippen molar-refractivity contribution in [2.45, 2.75) is 37.6 Å². The molecule has 2 aromatic rings. The Kier molecular flexibility index (Phi) is 6.33. The Bertz CT molecular complexity index is 909. The molecule has 1 atom stereocenters. The molecule has 1 aliphatic heterocycles. The predicted octanol–water partition coefficient (Wildman–Crippen LogP) is 2.45. The van der Waals surface area contributed by atoms with Crippen LogP contribution in [0.5, 0.6) is 0 Å². The van der Waals surface area contributed by atoms with Crippen molar-refractivity contribution < 1.29 is 22.4 Å². The van der Waals surface area contributed by atoms with E-state index >= 15 is 0 Å². The van der Waals surface area contributed by atoms with Crippen LogP contribution in [0.1, 0.15) is 35.9 Å². The van der Waals surface area contributed by atoms with Gasteiger partial charge in [-0.05, 0) is 44.9 Å². The summed E-state index contributed by atoms with van der Waals surface area (Å²) < 4.78 is 37.7. The minimum Gasteiger partial charge on any atom is -0.460 e. The summed E-state index contributed by atoms with van der Waals surface area (Å²) in [5, 5.41) is 0.588. The maximum atomic E-state index is 12.9. The van der Waals surface area contributed by atoms with Gasteiger partial charge >= 0.3 is 5.97 Å². The van der Waals surface area contributed by atoms with Crippen LogP contribution < -0.4 is 5.73 Å². The van der Waals surface area contributed by atoms with Crippen LogP contribution in [0.2, 0.25) is 0 Å². The molecule has 2 N–H and O–H groups in total. The van der Waals surface area contributed by atoms with Gasteiger partial charge in [0, 0.05) is 30.1 Å². The third-order valence-electron chi connectivity index (χ3n) is 4.43. The first-order valence-corrected chi connectivity index (χ1v) is 9.74. The summed E-state index contributed by atoms with van der Waals surface area (Å²) in [5.74, 6) is -0.450. The van der Waals surface area contributed by atoms with Crippen LogP contribution in [0.15, 0.2) is 27.5 Å². The summed E-state index contributed by atoms with van der Waals surface area (Å²) in [5.41, 5.74) is 6.93. The van der Waals surface area contributed by atoms with Crippen molar-refractivity contribution in [1.82, 2.24) is 4.31 Å². The number of hydrogen-bond acceptors (Lipinski definition) is 6. The van der Waals surface area contributed by atoms with E-state index in [2.05, 4.69) is 0 Å². The molecule has 0 saturated carbocycles. The highest BCUT2D eigenvalue weighted by Crippen LogP contribution is 2.30. The molecular formula is C17H23ClN2O5S. The van der Waals surface area contributed by atoms with Crippen molar-refractivity contribution in [3.8, 4) is 0 Å². The highest BCUT2D eigenvalue weighted by Gasteiger charge is 2.30. The topological polar surface area (TPSA) is 103 Å². The van der Waals surface area contributed by atoms with Crippen molar-refractivity contribution in [1.29, 1.82) is 0 Å². The minimum atomic E-state index is -3.63. The number of furan rings is 1. The fourth-order valence-corrected chi connectivity index (χ4v) is 4.66. The third kappa shape index (κ3) is 3.73. The second-order valence-corrected chi connectivity index (χ2v) is 8.14. The number of ether oxygens (including phenoxy) is 1. The molecule has 144 valence electrons. The van der Waals surface area contributed by atoms with Crippen LogP contribution in [-0.4, -0.2) is 44.4 Å². The zero-order valence-corrected chi connectivity index (χ0v) is 16.4. The molecule has 0 radical (unpaired) electrons. The van der Waals surface area contributed by atoms with Gasteiger partial charge in [0.2, 0.25) is 15.8 Å². The average molecular weight is 403 g/mol. The highest BCUT2D eigenvalue weighted by atomic mass is 35.5. The molecule has 1 aliphatic rings. The Balaban J connectivity index is 0.00000243. The van der Waals surface area contributed by atoms with Crippen LogP contribution >= 0.6 is 12.4 Å². The monoisotopic (exact) mass is 402 g/mol. The van der Waals surface area contributed by atoms with E-state index in [0.717, 1.165) is 12.8 Å². The molecular weight excluding hydrogens is 380 g/mol. The Morgan fingerprint density at radius 2 is 2.15 bits per heavy atom. The lowest BCUT2D eigenvalue weighted by Crippen LogP contribution is -2.45. The number of carbonyl (C=O) groups excluding carboxylic acids is 1. The number of nitrogens with zero attached hydrogens (tertiary/aromatic N) is 1. The number of halogens is 1. The van der Waals surface area contributed by atoms with Crippen molar-refractivity contribution in [3.63, 3.8) is 0 Å². The van der Waals surface area contributed by atoms with Crippen LogP contribution in [0.25, 0.3) is 11.0 Å². The molecule has 7 nitrogen and oxygen atoms in total. The van der Waals surface area contributed by atoms with Gasteiger partial charge in [0.25, 0.3) is 0 Å². The maximum absolute atomic E-state index is 12.9. The van der Waals surface area contributed by atoms with E-state index in [1.165, 1.54) is 10.4 Å². The van der Waals surface area contributed by atoms with Gasteiger partial charge in [-0.3, -0.25) is 0 Å². The summed E-state index contributed by atoms with van der Waals surface area (Å²) in [4.78, 5) is 12.1. The Labute approximate surface area is 158 Å². The highest BCUT2D eigenvalue weighted by molar-refractivity contribution is 7.89. The van der Waals surface area contributed by atoms with E-state index in [4.69, 9.17) is 14.9 Å². The lowest BCUT2D eigenvalue weighted by molar-refractivity contribution is 0.0491. The molecule has 2 heterocycles. The standard InChI is InChI=1S/C17H22N2O5S.ClH/c1-3-23-17(20)16-11(2)14-9-13(6-7-15(14)24-16)25(21,22)19-8-4-5-12(18)10-19;/h6-7,9,12H,3-5,8,10,18H2,1-2H3;1H/t12-;/m1./s1. The van der Waals surface area contributed by atoms with Gasteiger partial charge in [0.15, 0.2) is 0 Å². The fraction of sp³-hybridized carbons (Fsp3) is 0.471. The molecule has 1 aromatic carbocycles. The summed E-state index contributed by atoms with van der Waals surface area (Å²) in [6.07, 6.45) is 1.58. The van der Waals surface area contributed by atoms with Gasteiger partial charge < -0.3 is 14.9 Å². The van der Waals surface area contributed by atoms with Gasteiger partial charge in [-0.25, -0.2) is 13.2 Å². The molecule has 9 heteroatoms. The number of piperidine rings is 1. The lowest BCUT2D eigenvalue weighted by Gasteiger charge is -2.29. The van der Waals surface area contributed by atoms with Crippen LogP contribution in [0.3, 0.4) is 0 Å². The van der Waals surface area contributed by atoms with E-state index in [1.807, 2.05) is 0 Å². The third-order valence-corrected chi connectivity index (χ3v) is 6.29. The van der Waals surface area contributed by atoms with Gasteiger partial charge in [-0.2, -0.15) is 4.31 Å². The summed E-state index contributed by atoms with van der Waals surface area (Å²) in [6.45, 7) is 4.45. The molecule has 0 amide bonds. The van der Waals surface area contributed by atoms with Crippen LogP contribution in [0, 0.1) is 6.92 Å². The number of sulfonamides is 1. The largest absolute Gasteiger partial charge is 0.460 e. The normalized spacial score (nSPS) is 18.5. The summed E-state index contributed by atoms with van der Waals surface area (Å²) in [7, 11) is -3.63. The Hall–Kier alpha value is -1.61. The van der Waals surface area contributed by atoms with E-state index in [-0.39, 0.29) is 35.7 Å². The Morgan fingerprint density at radius 3 is 2.81 bits per heavy atom. The van der Waals surface area contributed by atoms with Crippen LogP contribution in [-0.2, 0) is 14.8 Å². The summed E-state index contributed by atoms with van der Waals surface area (Å²) >= 11 is 0. The molecule has 1 aromatic heterocycles. The van der Waals surface area contributed by atoms with E-state index in [1.54, 1.807) is 26.0 Å². The average Bonchev–Trinajstić information content (AvgIpc) is 2.91. The number of esters is 1. The van der Waals surface area contributed by atoms with Crippen LogP contribution in [0.4, 0.5) is 0 Å². The molecule has 1 fully saturated rings. The summed E-state index contributed by atoms with van der Waals surface area (Å²) in [6, 6.07) is 4.47. The molecule has 0 unspecified atom stereocenters. The lowest BCUT2D eigenvalue weighted by atomic mass is 10.1. The van der Waals surface area contributed by atoms with E-state index < -0.39 is 16.0 Å². The Morgan fingerprint density at radius 1 is 1.42 bits per heavy atom. The van der Waals surface area contributed by atoms with Crippen molar-refractivity contribution in [2.24, 2.45) is 5.73 Å². The maximum Gasteiger partial charge on any atom is 0.374 e. The van der Waals surface area contributed by atoms with E-state index in [9.17, 15) is 13.2 Å². The molecule has 0 spiro atoms. The first kappa shape index (κ1) is 20.7. The SMILES string of the molecule is CCOC(=O)c1oc2ccc(S(=O)(=O)N3CCC[C@@H](N)C3)cc2c1C.Cl. The number of nitrogens with two attached hydrogens (primary N) is 1. The molecule has 26 heavy (non-hydrogen) atoms. The second kappa shape index (κ2) is 7.96. The number of hydrogen-bond donors (Lipinski definition) is 1. The smallest absolute Gasteiger partial charge is 0.374 e. The number of rotatable bonds is 4. The van der Waals surface area contributed by atoms with Gasteiger partial charge in [0.05, 0.1) is 11.5 Å². The quantitative estimate of drug-likeness (QED) is 0.788. The van der Waals surface area contributed by atoms with Gasteiger partial charge in [-0.1, -0.05) is 0 Å². The van der Waals surface area contributed by atoms with Crippen molar-refractivity contribution >= 4 is 39.4 Å². The minimum absolute atomic E-state index is 0. The predicted molar refractivity (Wildman–Crippen MR) is 100 cm³/mol. The number of benzene rings is 1. The van der Waals surface area contributed by atoms with Gasteiger partial charge in [0.1, 0.15) is 5.58 Å². The van der Waals surface area contributed by atoms with Crippen molar-refractivity contribution in [2.75, 3.05) is 19.7 Å². The number of carbonyl (C=O) groups is 1. The first-order valence-electron chi connectivity index (χ1n) is 8.30. The molecule has 1 saturated heterocycles. The van der Waals surface area contributed by atoms with E-state index in [0.29, 0.717) is 29.6 Å². The van der Waals surface area contributed by atoms with Gasteiger partial charge in [-0.15, -0.1) is 12.4 Å². The number of aryl methyl sites for hydroxylation is 1. The van der Waals surface area contributed by atoms with Crippen molar-refractivity contribution in [3.05, 3.63) is 29.5 Å². The molecule has 3 rings (SSSR count).